The first-order valence-corrected chi connectivity index (χ1v) is 7.00. The fourth-order valence-corrected chi connectivity index (χ4v) is 2.78. The highest BCUT2D eigenvalue weighted by atomic mass is 32.1. The average Bonchev–Trinajstić information content (AvgIpc) is 2.34. The number of thiocarbonyl (C=S) groups is 1. The molecule has 1 aromatic heterocycles. The maximum absolute atomic E-state index is 5.70. The number of hydrogen-bond donors (Lipinski definition) is 2. The van der Waals surface area contributed by atoms with Gasteiger partial charge in [0, 0.05) is 12.2 Å². The molecule has 1 fully saturated rings. The molecule has 0 radical (unpaired) electrons. The molecule has 3 N–H and O–H groups in total. The lowest BCUT2D eigenvalue weighted by Gasteiger charge is -2.33. The number of nitrogens with zero attached hydrogens (tertiary/aromatic N) is 1. The Hall–Kier alpha value is -1.16. The van der Waals surface area contributed by atoms with Crippen LogP contribution in [0.25, 0.3) is 0 Å². The van der Waals surface area contributed by atoms with Crippen LogP contribution in [0, 0.1) is 11.8 Å². The number of rotatable bonds is 3. The van der Waals surface area contributed by atoms with Gasteiger partial charge in [0.15, 0.2) is 0 Å². The molecule has 0 aliphatic heterocycles. The third-order valence-corrected chi connectivity index (χ3v) is 4.19. The van der Waals surface area contributed by atoms with Crippen LogP contribution in [-0.2, 0) is 0 Å². The fourth-order valence-electron chi connectivity index (χ4n) is 2.62. The zero-order valence-electron chi connectivity index (χ0n) is 11.0. The van der Waals surface area contributed by atoms with Gasteiger partial charge in [-0.25, -0.2) is 0 Å². The van der Waals surface area contributed by atoms with Crippen molar-refractivity contribution < 1.29 is 0 Å². The third kappa shape index (κ3) is 2.99. The van der Waals surface area contributed by atoms with Crippen LogP contribution >= 0.6 is 12.2 Å². The van der Waals surface area contributed by atoms with Crippen LogP contribution in [-0.4, -0.2) is 16.0 Å². The molecule has 0 amide bonds. The standard InChI is InChI=1S/C14H21N3S/c1-9-5-6-11(8-10(9)2)17-12-4-3-7-16-13(12)14(15)18/h3-4,7,9-11,17H,5-6,8H2,1-2H3,(H2,15,18). The van der Waals surface area contributed by atoms with Crippen molar-refractivity contribution in [3.63, 3.8) is 0 Å². The van der Waals surface area contributed by atoms with Gasteiger partial charge < -0.3 is 11.1 Å². The maximum atomic E-state index is 5.70. The van der Waals surface area contributed by atoms with E-state index in [1.807, 2.05) is 12.1 Å². The zero-order valence-corrected chi connectivity index (χ0v) is 11.8. The Kier molecular flexibility index (Phi) is 4.17. The summed E-state index contributed by atoms with van der Waals surface area (Å²) < 4.78 is 0. The minimum atomic E-state index is 0.357. The second-order valence-corrected chi connectivity index (χ2v) is 5.81. The molecule has 0 aromatic carbocycles. The minimum Gasteiger partial charge on any atom is -0.388 e. The predicted octanol–water partition coefficient (Wildman–Crippen LogP) is 2.95. The molecule has 3 nitrogen and oxygen atoms in total. The molecular formula is C14H21N3S. The second-order valence-electron chi connectivity index (χ2n) is 5.37. The summed E-state index contributed by atoms with van der Waals surface area (Å²) >= 11 is 5.03. The lowest BCUT2D eigenvalue weighted by Crippen LogP contribution is -2.31. The fraction of sp³-hybridized carbons (Fsp3) is 0.571. The number of aromatic nitrogens is 1. The molecule has 1 aromatic rings. The molecule has 0 bridgehead atoms. The van der Waals surface area contributed by atoms with Gasteiger partial charge in [-0.15, -0.1) is 0 Å². The van der Waals surface area contributed by atoms with Crippen LogP contribution in [0.4, 0.5) is 5.69 Å². The topological polar surface area (TPSA) is 50.9 Å². The average molecular weight is 263 g/mol. The van der Waals surface area contributed by atoms with Gasteiger partial charge in [-0.3, -0.25) is 4.98 Å². The van der Waals surface area contributed by atoms with E-state index in [0.29, 0.717) is 16.7 Å². The van der Waals surface area contributed by atoms with Crippen molar-refractivity contribution in [1.29, 1.82) is 0 Å². The summed E-state index contributed by atoms with van der Waals surface area (Å²) in [5.74, 6) is 1.59. The Bertz CT molecular complexity index is 433. The molecule has 1 heterocycles. The van der Waals surface area contributed by atoms with E-state index in [1.54, 1.807) is 6.20 Å². The summed E-state index contributed by atoms with van der Waals surface area (Å²) in [4.78, 5) is 4.61. The summed E-state index contributed by atoms with van der Waals surface area (Å²) in [6, 6.07) is 4.43. The Morgan fingerprint density at radius 1 is 1.39 bits per heavy atom. The van der Waals surface area contributed by atoms with Crippen LogP contribution in [0.5, 0.6) is 0 Å². The van der Waals surface area contributed by atoms with E-state index in [-0.39, 0.29) is 0 Å². The highest BCUT2D eigenvalue weighted by Gasteiger charge is 2.24. The highest BCUT2D eigenvalue weighted by molar-refractivity contribution is 7.80. The number of anilines is 1. The molecule has 3 atom stereocenters. The predicted molar refractivity (Wildman–Crippen MR) is 79.7 cm³/mol. The SMILES string of the molecule is CC1CCC(Nc2cccnc2C(N)=S)CC1C. The zero-order chi connectivity index (χ0) is 13.1. The Morgan fingerprint density at radius 2 is 2.17 bits per heavy atom. The summed E-state index contributed by atoms with van der Waals surface area (Å²) in [6.45, 7) is 4.67. The summed E-state index contributed by atoms with van der Waals surface area (Å²) in [5.41, 5.74) is 7.37. The molecule has 3 unspecified atom stereocenters. The van der Waals surface area contributed by atoms with Crippen LogP contribution in [0.2, 0.25) is 0 Å². The van der Waals surface area contributed by atoms with Gasteiger partial charge >= 0.3 is 0 Å². The first kappa shape index (κ1) is 13.3. The molecule has 0 saturated heterocycles. The van der Waals surface area contributed by atoms with Crippen molar-refractivity contribution in [2.75, 3.05) is 5.32 Å². The van der Waals surface area contributed by atoms with E-state index >= 15 is 0 Å². The van der Waals surface area contributed by atoms with Gasteiger partial charge in [-0.05, 0) is 43.2 Å². The second kappa shape index (κ2) is 5.65. The molecule has 1 saturated carbocycles. The molecule has 1 aliphatic carbocycles. The van der Waals surface area contributed by atoms with Crippen LogP contribution in [0.3, 0.4) is 0 Å². The van der Waals surface area contributed by atoms with Crippen LogP contribution in [0.1, 0.15) is 38.8 Å². The van der Waals surface area contributed by atoms with E-state index in [2.05, 4.69) is 24.1 Å². The Labute approximate surface area is 114 Å². The molecule has 98 valence electrons. The lowest BCUT2D eigenvalue weighted by atomic mass is 9.79. The van der Waals surface area contributed by atoms with Crippen molar-refractivity contribution in [3.8, 4) is 0 Å². The quantitative estimate of drug-likeness (QED) is 0.823. The van der Waals surface area contributed by atoms with Gasteiger partial charge in [0.2, 0.25) is 0 Å². The van der Waals surface area contributed by atoms with E-state index in [4.69, 9.17) is 18.0 Å². The largest absolute Gasteiger partial charge is 0.388 e. The van der Waals surface area contributed by atoms with Crippen molar-refractivity contribution in [2.45, 2.75) is 39.2 Å². The van der Waals surface area contributed by atoms with Crippen molar-refractivity contribution in [3.05, 3.63) is 24.0 Å². The van der Waals surface area contributed by atoms with Gasteiger partial charge in [0.1, 0.15) is 10.7 Å². The molecule has 2 rings (SSSR count). The minimum absolute atomic E-state index is 0.357. The Balaban J connectivity index is 2.08. The number of pyridine rings is 1. The van der Waals surface area contributed by atoms with Gasteiger partial charge in [-0.1, -0.05) is 26.1 Å². The van der Waals surface area contributed by atoms with Crippen LogP contribution < -0.4 is 11.1 Å². The summed E-state index contributed by atoms with van der Waals surface area (Å²) in [5, 5.41) is 3.55. The Morgan fingerprint density at radius 3 is 2.83 bits per heavy atom. The highest BCUT2D eigenvalue weighted by Crippen LogP contribution is 2.31. The van der Waals surface area contributed by atoms with Crippen LogP contribution in [0.15, 0.2) is 18.3 Å². The lowest BCUT2D eigenvalue weighted by molar-refractivity contribution is 0.261. The smallest absolute Gasteiger partial charge is 0.124 e. The van der Waals surface area contributed by atoms with E-state index in [1.165, 1.54) is 19.3 Å². The van der Waals surface area contributed by atoms with Gasteiger partial charge in [0.05, 0.1) is 5.69 Å². The summed E-state index contributed by atoms with van der Waals surface area (Å²) in [7, 11) is 0. The third-order valence-electron chi connectivity index (χ3n) is 4.00. The van der Waals surface area contributed by atoms with E-state index < -0.39 is 0 Å². The maximum Gasteiger partial charge on any atom is 0.124 e. The van der Waals surface area contributed by atoms with E-state index in [9.17, 15) is 0 Å². The van der Waals surface area contributed by atoms with Crippen molar-refractivity contribution in [1.82, 2.24) is 4.98 Å². The number of nitrogens with two attached hydrogens (primary N) is 1. The number of nitrogens with one attached hydrogen (secondary N) is 1. The summed E-state index contributed by atoms with van der Waals surface area (Å²) in [6.07, 6.45) is 5.41. The van der Waals surface area contributed by atoms with Crippen molar-refractivity contribution >= 4 is 22.9 Å². The molecule has 4 heteroatoms. The molecular weight excluding hydrogens is 242 g/mol. The van der Waals surface area contributed by atoms with Gasteiger partial charge in [-0.2, -0.15) is 0 Å². The molecule has 0 spiro atoms. The van der Waals surface area contributed by atoms with Crippen molar-refractivity contribution in [2.24, 2.45) is 17.6 Å². The normalized spacial score (nSPS) is 27.8. The number of hydrogen-bond acceptors (Lipinski definition) is 3. The first-order chi connectivity index (χ1) is 8.58. The molecule has 18 heavy (non-hydrogen) atoms. The van der Waals surface area contributed by atoms with Gasteiger partial charge in [0.25, 0.3) is 0 Å². The monoisotopic (exact) mass is 263 g/mol. The first-order valence-electron chi connectivity index (χ1n) is 6.59. The van der Waals surface area contributed by atoms with E-state index in [0.717, 1.165) is 17.5 Å². The molecule has 1 aliphatic rings.